The van der Waals surface area contributed by atoms with Crippen molar-refractivity contribution in [1.29, 1.82) is 0 Å². The zero-order chi connectivity index (χ0) is 22.4. The third-order valence-electron chi connectivity index (χ3n) is 4.12. The lowest BCUT2D eigenvalue weighted by Crippen LogP contribution is -2.18. The van der Waals surface area contributed by atoms with Crippen LogP contribution in [0.25, 0.3) is 0 Å². The second kappa shape index (κ2) is 10.2. The molecule has 1 heterocycles. The predicted octanol–water partition coefficient (Wildman–Crippen LogP) is 4.39. The Labute approximate surface area is 187 Å². The summed E-state index contributed by atoms with van der Waals surface area (Å²) in [5.41, 5.74) is 2.57. The number of thiazole rings is 1. The molecule has 0 aliphatic rings. The first-order valence-electron chi connectivity index (χ1n) is 9.09. The van der Waals surface area contributed by atoms with Gasteiger partial charge in [0.05, 0.1) is 33.3 Å². The first kappa shape index (κ1) is 23.2. The minimum Gasteiger partial charge on any atom is -0.382 e. The lowest BCUT2D eigenvalue weighted by atomic mass is 10.2. The van der Waals surface area contributed by atoms with Gasteiger partial charge in [0, 0.05) is 24.0 Å². The number of anilines is 4. The van der Waals surface area contributed by atoms with Gasteiger partial charge in [0.1, 0.15) is 17.5 Å². The van der Waals surface area contributed by atoms with E-state index in [1.165, 1.54) is 46.5 Å². The van der Waals surface area contributed by atoms with Crippen molar-refractivity contribution in [3.8, 4) is 0 Å². The number of nitrogens with one attached hydrogen (secondary N) is 4. The largest absolute Gasteiger partial charge is 0.382 e. The van der Waals surface area contributed by atoms with Crippen molar-refractivity contribution in [3.05, 3.63) is 63.4 Å². The van der Waals surface area contributed by atoms with E-state index < -0.39 is 27.4 Å². The van der Waals surface area contributed by atoms with Gasteiger partial charge in [0.25, 0.3) is 0 Å². The van der Waals surface area contributed by atoms with E-state index in [1.807, 2.05) is 0 Å². The summed E-state index contributed by atoms with van der Waals surface area (Å²) in [6.07, 6.45) is 0. The van der Waals surface area contributed by atoms with Crippen molar-refractivity contribution >= 4 is 55.8 Å². The molecule has 2 aromatic carbocycles. The SMILES string of the molecule is CNCCNc1cc(F)ccc1Nc1cc(F)c(CS(=O)(=O)Nc2cscn2)cc1Cl. The van der Waals surface area contributed by atoms with Crippen molar-refractivity contribution < 1.29 is 17.2 Å². The van der Waals surface area contributed by atoms with Crippen molar-refractivity contribution in [1.82, 2.24) is 10.3 Å². The first-order valence-corrected chi connectivity index (χ1v) is 12.1. The number of rotatable bonds is 10. The highest BCUT2D eigenvalue weighted by atomic mass is 35.5. The monoisotopic (exact) mass is 487 g/mol. The molecule has 7 nitrogen and oxygen atoms in total. The van der Waals surface area contributed by atoms with Crippen LogP contribution < -0.4 is 20.7 Å². The Kier molecular flexibility index (Phi) is 7.65. The highest BCUT2D eigenvalue weighted by molar-refractivity contribution is 7.91. The minimum atomic E-state index is -3.88. The maximum Gasteiger partial charge on any atom is 0.238 e. The van der Waals surface area contributed by atoms with Crippen molar-refractivity contribution in [2.45, 2.75) is 5.75 Å². The topological polar surface area (TPSA) is 95.1 Å². The third kappa shape index (κ3) is 6.50. The van der Waals surface area contributed by atoms with Gasteiger partial charge >= 0.3 is 0 Å². The van der Waals surface area contributed by atoms with Crippen LogP contribution in [0.4, 0.5) is 31.7 Å². The summed E-state index contributed by atoms with van der Waals surface area (Å²) in [5, 5.41) is 10.7. The summed E-state index contributed by atoms with van der Waals surface area (Å²) < 4.78 is 55.2. The Morgan fingerprint density at radius 3 is 2.61 bits per heavy atom. The Morgan fingerprint density at radius 2 is 1.90 bits per heavy atom. The molecule has 0 radical (unpaired) electrons. The van der Waals surface area contributed by atoms with Crippen LogP contribution in [0.5, 0.6) is 0 Å². The van der Waals surface area contributed by atoms with E-state index in [-0.39, 0.29) is 22.1 Å². The van der Waals surface area contributed by atoms with Crippen LogP contribution in [0.15, 0.2) is 41.2 Å². The van der Waals surface area contributed by atoms with Gasteiger partial charge in [-0.3, -0.25) is 4.72 Å². The number of hydrogen-bond donors (Lipinski definition) is 4. The molecule has 0 spiro atoms. The van der Waals surface area contributed by atoms with E-state index in [0.717, 1.165) is 6.07 Å². The summed E-state index contributed by atoms with van der Waals surface area (Å²) in [4.78, 5) is 3.85. The average molecular weight is 488 g/mol. The molecule has 0 saturated carbocycles. The number of benzene rings is 2. The van der Waals surface area contributed by atoms with Gasteiger partial charge in [0.15, 0.2) is 0 Å². The second-order valence-corrected chi connectivity index (χ2v) is 9.35. The molecule has 31 heavy (non-hydrogen) atoms. The normalized spacial score (nSPS) is 11.4. The number of aromatic nitrogens is 1. The number of halogens is 3. The minimum absolute atomic E-state index is 0.0928. The Bertz CT molecular complexity index is 1140. The Balaban J connectivity index is 1.79. The van der Waals surface area contributed by atoms with E-state index in [4.69, 9.17) is 11.6 Å². The lowest BCUT2D eigenvalue weighted by molar-refractivity contribution is 0.591. The Hall–Kier alpha value is -2.47. The van der Waals surface area contributed by atoms with Gasteiger partial charge in [-0.15, -0.1) is 11.3 Å². The van der Waals surface area contributed by atoms with Crippen LogP contribution in [0, 0.1) is 11.6 Å². The van der Waals surface area contributed by atoms with Gasteiger partial charge in [0.2, 0.25) is 10.0 Å². The highest BCUT2D eigenvalue weighted by Crippen LogP contribution is 2.32. The molecule has 0 aliphatic carbocycles. The molecule has 0 fully saturated rings. The molecule has 0 saturated heterocycles. The molecule has 0 amide bonds. The van der Waals surface area contributed by atoms with Crippen LogP contribution in [0.1, 0.15) is 5.56 Å². The lowest BCUT2D eigenvalue weighted by Gasteiger charge is -2.16. The van der Waals surface area contributed by atoms with Gasteiger partial charge < -0.3 is 16.0 Å². The third-order valence-corrected chi connectivity index (χ3v) is 6.23. The summed E-state index contributed by atoms with van der Waals surface area (Å²) in [6, 6.07) is 6.43. The van der Waals surface area contributed by atoms with E-state index in [0.29, 0.717) is 24.5 Å². The maximum atomic E-state index is 14.7. The molecule has 1 aromatic heterocycles. The van der Waals surface area contributed by atoms with Crippen LogP contribution in [0.3, 0.4) is 0 Å². The molecule has 3 rings (SSSR count). The van der Waals surface area contributed by atoms with Gasteiger partial charge in [-0.05, 0) is 37.4 Å². The quantitative estimate of drug-likeness (QED) is 0.317. The van der Waals surface area contributed by atoms with Crippen molar-refractivity contribution in [2.24, 2.45) is 0 Å². The molecule has 12 heteroatoms. The fraction of sp³-hybridized carbons (Fsp3) is 0.211. The van der Waals surface area contributed by atoms with E-state index in [9.17, 15) is 17.2 Å². The predicted molar refractivity (Wildman–Crippen MR) is 122 cm³/mol. The summed E-state index contributed by atoms with van der Waals surface area (Å²) in [5.74, 6) is -1.61. The molecule has 0 unspecified atom stereocenters. The molecular weight excluding hydrogens is 468 g/mol. The summed E-state index contributed by atoms with van der Waals surface area (Å²) in [6.45, 7) is 1.20. The average Bonchev–Trinajstić information content (AvgIpc) is 3.19. The zero-order valence-electron chi connectivity index (χ0n) is 16.4. The highest BCUT2D eigenvalue weighted by Gasteiger charge is 2.18. The molecule has 0 aliphatic heterocycles. The smallest absolute Gasteiger partial charge is 0.238 e. The van der Waals surface area contributed by atoms with Crippen LogP contribution in [-0.4, -0.2) is 33.5 Å². The van der Waals surface area contributed by atoms with Crippen LogP contribution in [-0.2, 0) is 15.8 Å². The summed E-state index contributed by atoms with van der Waals surface area (Å²) >= 11 is 7.50. The molecule has 4 N–H and O–H groups in total. The number of nitrogens with zero attached hydrogens (tertiary/aromatic N) is 1. The molecule has 0 atom stereocenters. The van der Waals surface area contributed by atoms with E-state index >= 15 is 0 Å². The Morgan fingerprint density at radius 1 is 1.10 bits per heavy atom. The van der Waals surface area contributed by atoms with E-state index in [2.05, 4.69) is 25.7 Å². The van der Waals surface area contributed by atoms with Crippen molar-refractivity contribution in [2.75, 3.05) is 35.5 Å². The van der Waals surface area contributed by atoms with Crippen LogP contribution in [0.2, 0.25) is 5.02 Å². The van der Waals surface area contributed by atoms with Gasteiger partial charge in [-0.2, -0.15) is 0 Å². The van der Waals surface area contributed by atoms with Crippen LogP contribution >= 0.6 is 22.9 Å². The molecule has 0 bridgehead atoms. The fourth-order valence-electron chi connectivity index (χ4n) is 2.70. The number of likely N-dealkylation sites (N-methyl/N-ethyl adjacent to an activating group) is 1. The van der Waals surface area contributed by atoms with Crippen molar-refractivity contribution in [3.63, 3.8) is 0 Å². The number of hydrogen-bond acceptors (Lipinski definition) is 7. The molecule has 166 valence electrons. The summed E-state index contributed by atoms with van der Waals surface area (Å²) in [7, 11) is -2.08. The van der Waals surface area contributed by atoms with E-state index in [1.54, 1.807) is 7.05 Å². The second-order valence-electron chi connectivity index (χ2n) is 6.50. The first-order chi connectivity index (χ1) is 14.8. The van der Waals surface area contributed by atoms with Gasteiger partial charge in [-0.1, -0.05) is 11.6 Å². The number of sulfonamides is 1. The molecule has 3 aromatic rings. The zero-order valence-corrected chi connectivity index (χ0v) is 18.8. The molecular formula is C19H20ClF2N5O2S2. The fourth-order valence-corrected chi connectivity index (χ4v) is 4.62. The van der Waals surface area contributed by atoms with Gasteiger partial charge in [-0.25, -0.2) is 22.2 Å². The standard InChI is InChI=1S/C19H20ClF2N5O2S2/c1-23-4-5-24-18-7-13(21)2-3-16(18)26-17-8-15(22)12(6-14(17)20)10-31(28,29)27-19-9-30-11-25-19/h2-3,6-9,11,23-24,26-27H,4-5,10H2,1H3. The maximum absolute atomic E-state index is 14.7.